The van der Waals surface area contributed by atoms with E-state index in [2.05, 4.69) is 15.9 Å². The van der Waals surface area contributed by atoms with Gasteiger partial charge in [0, 0.05) is 6.26 Å². The molecule has 1 aromatic carbocycles. The third-order valence-electron chi connectivity index (χ3n) is 2.99. The first-order valence-electron chi connectivity index (χ1n) is 5.36. The van der Waals surface area contributed by atoms with Crippen molar-refractivity contribution in [3.63, 3.8) is 0 Å². The van der Waals surface area contributed by atoms with Crippen LogP contribution in [-0.2, 0) is 9.84 Å². The lowest BCUT2D eigenvalue weighted by atomic mass is 10.00. The standard InChI is InChI=1S/C12H17BrO3S/c1-4-12(13,17(3,15)16)11(14)10-8-6-5-7-9(10)2/h5-8,11,14H,4H2,1-3H3/t11-,12+/m1/s1. The lowest BCUT2D eigenvalue weighted by molar-refractivity contribution is 0.159. The van der Waals surface area contributed by atoms with Crippen molar-refractivity contribution in [2.24, 2.45) is 0 Å². The summed E-state index contributed by atoms with van der Waals surface area (Å²) in [4.78, 5) is 0. The predicted molar refractivity (Wildman–Crippen MR) is 72.9 cm³/mol. The summed E-state index contributed by atoms with van der Waals surface area (Å²) in [5, 5.41) is 10.3. The highest BCUT2D eigenvalue weighted by Gasteiger charge is 2.44. The van der Waals surface area contributed by atoms with Crippen molar-refractivity contribution in [1.29, 1.82) is 0 Å². The molecule has 0 unspecified atom stereocenters. The van der Waals surface area contributed by atoms with Crippen LogP contribution in [0.2, 0.25) is 0 Å². The van der Waals surface area contributed by atoms with Crippen LogP contribution in [0.3, 0.4) is 0 Å². The minimum Gasteiger partial charge on any atom is -0.386 e. The Labute approximate surface area is 111 Å². The van der Waals surface area contributed by atoms with E-state index >= 15 is 0 Å². The minimum absolute atomic E-state index is 0.293. The van der Waals surface area contributed by atoms with Crippen molar-refractivity contribution in [2.75, 3.05) is 6.26 Å². The summed E-state index contributed by atoms with van der Waals surface area (Å²) in [6, 6.07) is 7.24. The number of aliphatic hydroxyl groups is 1. The molecule has 17 heavy (non-hydrogen) atoms. The molecule has 2 atom stereocenters. The molecule has 96 valence electrons. The monoisotopic (exact) mass is 320 g/mol. The van der Waals surface area contributed by atoms with E-state index in [9.17, 15) is 13.5 Å². The SMILES string of the molecule is CC[C@@](Br)([C@H](O)c1ccccc1C)S(C)(=O)=O. The minimum atomic E-state index is -3.41. The predicted octanol–water partition coefficient (Wildman–Crippen LogP) is 2.57. The van der Waals surface area contributed by atoms with Gasteiger partial charge in [-0.3, -0.25) is 0 Å². The number of benzene rings is 1. The molecule has 0 aromatic heterocycles. The van der Waals surface area contributed by atoms with Gasteiger partial charge in [0.2, 0.25) is 0 Å². The van der Waals surface area contributed by atoms with E-state index in [1.165, 1.54) is 0 Å². The Morgan fingerprint density at radius 1 is 1.41 bits per heavy atom. The van der Waals surface area contributed by atoms with Crippen LogP contribution < -0.4 is 0 Å². The van der Waals surface area contributed by atoms with E-state index in [0.717, 1.165) is 11.8 Å². The highest BCUT2D eigenvalue weighted by Crippen LogP contribution is 2.41. The number of rotatable bonds is 4. The second-order valence-corrected chi connectivity index (χ2v) is 8.38. The first-order valence-corrected chi connectivity index (χ1v) is 8.04. The van der Waals surface area contributed by atoms with Crippen molar-refractivity contribution in [3.8, 4) is 0 Å². The molecule has 1 rings (SSSR count). The number of halogens is 1. The maximum atomic E-state index is 11.8. The van der Waals surface area contributed by atoms with Gasteiger partial charge in [0.1, 0.15) is 6.10 Å². The van der Waals surface area contributed by atoms with Crippen molar-refractivity contribution in [1.82, 2.24) is 0 Å². The van der Waals surface area contributed by atoms with Crippen LogP contribution in [-0.4, -0.2) is 23.4 Å². The fraction of sp³-hybridized carbons (Fsp3) is 0.500. The molecular formula is C12H17BrO3S. The van der Waals surface area contributed by atoms with Crippen LogP contribution in [0.15, 0.2) is 24.3 Å². The molecule has 0 saturated heterocycles. The fourth-order valence-electron chi connectivity index (χ4n) is 1.78. The third-order valence-corrected chi connectivity index (χ3v) is 7.49. The molecule has 0 radical (unpaired) electrons. The maximum Gasteiger partial charge on any atom is 0.166 e. The molecule has 0 fully saturated rings. The van der Waals surface area contributed by atoms with E-state index in [4.69, 9.17) is 0 Å². The number of alkyl halides is 1. The van der Waals surface area contributed by atoms with Crippen LogP contribution in [0.5, 0.6) is 0 Å². The molecule has 0 aliphatic carbocycles. The van der Waals surface area contributed by atoms with Crippen LogP contribution in [0.1, 0.15) is 30.6 Å². The first-order chi connectivity index (χ1) is 7.74. The zero-order chi connectivity index (χ0) is 13.3. The molecule has 1 N–H and O–H groups in total. The summed E-state index contributed by atoms with van der Waals surface area (Å²) in [5.41, 5.74) is 1.51. The Hall–Kier alpha value is -0.390. The van der Waals surface area contributed by atoms with Crippen LogP contribution in [0.25, 0.3) is 0 Å². The number of hydrogen-bond donors (Lipinski definition) is 1. The highest BCUT2D eigenvalue weighted by atomic mass is 79.9. The summed E-state index contributed by atoms with van der Waals surface area (Å²) in [7, 11) is -3.41. The fourth-order valence-corrected chi connectivity index (χ4v) is 3.09. The number of hydrogen-bond acceptors (Lipinski definition) is 3. The topological polar surface area (TPSA) is 54.4 Å². The number of aryl methyl sites for hydroxylation is 1. The quantitative estimate of drug-likeness (QED) is 0.867. The van der Waals surface area contributed by atoms with E-state index in [1.807, 2.05) is 19.1 Å². The van der Waals surface area contributed by atoms with Crippen molar-refractivity contribution in [2.45, 2.75) is 30.0 Å². The molecule has 1 aromatic rings. The van der Waals surface area contributed by atoms with Crippen LogP contribution in [0.4, 0.5) is 0 Å². The summed E-state index contributed by atoms with van der Waals surface area (Å²) in [5.74, 6) is 0. The van der Waals surface area contributed by atoms with Crippen molar-refractivity contribution >= 4 is 25.8 Å². The number of aliphatic hydroxyl groups excluding tert-OH is 1. The van der Waals surface area contributed by atoms with Gasteiger partial charge in [-0.25, -0.2) is 8.42 Å². The molecule has 0 bridgehead atoms. The average Bonchev–Trinajstić information content (AvgIpc) is 2.26. The second kappa shape index (κ2) is 5.08. The Kier molecular flexibility index (Phi) is 4.38. The Morgan fingerprint density at radius 2 is 1.94 bits per heavy atom. The van der Waals surface area contributed by atoms with E-state index < -0.39 is 19.6 Å². The lowest BCUT2D eigenvalue weighted by Gasteiger charge is -2.30. The Morgan fingerprint density at radius 3 is 2.35 bits per heavy atom. The van der Waals surface area contributed by atoms with Crippen LogP contribution in [0, 0.1) is 6.92 Å². The van der Waals surface area contributed by atoms with Gasteiger partial charge < -0.3 is 5.11 Å². The van der Waals surface area contributed by atoms with Crippen molar-refractivity contribution < 1.29 is 13.5 Å². The smallest absolute Gasteiger partial charge is 0.166 e. The van der Waals surface area contributed by atoms with Gasteiger partial charge in [0.25, 0.3) is 0 Å². The van der Waals surface area contributed by atoms with Gasteiger partial charge in [-0.2, -0.15) is 0 Å². The van der Waals surface area contributed by atoms with Gasteiger partial charge >= 0.3 is 0 Å². The maximum absolute atomic E-state index is 11.8. The van der Waals surface area contributed by atoms with Gasteiger partial charge in [-0.1, -0.05) is 47.1 Å². The Balaban J connectivity index is 3.29. The molecule has 0 aliphatic heterocycles. The molecule has 0 heterocycles. The lowest BCUT2D eigenvalue weighted by Crippen LogP contribution is -2.37. The van der Waals surface area contributed by atoms with Gasteiger partial charge in [0.15, 0.2) is 13.5 Å². The summed E-state index contributed by atoms with van der Waals surface area (Å²) in [6.07, 6.45) is 0.345. The normalized spacial score (nSPS) is 17.5. The van der Waals surface area contributed by atoms with Gasteiger partial charge in [-0.05, 0) is 24.5 Å². The molecule has 0 aliphatic rings. The van der Waals surface area contributed by atoms with Gasteiger partial charge in [0.05, 0.1) is 0 Å². The van der Waals surface area contributed by atoms with E-state index in [0.29, 0.717) is 12.0 Å². The second-order valence-electron chi connectivity index (χ2n) is 4.17. The molecule has 5 heteroatoms. The number of sulfone groups is 1. The zero-order valence-corrected chi connectivity index (χ0v) is 12.5. The third kappa shape index (κ3) is 2.72. The highest BCUT2D eigenvalue weighted by molar-refractivity contribution is 9.11. The molecule has 0 spiro atoms. The molecule has 0 amide bonds. The van der Waals surface area contributed by atoms with Crippen molar-refractivity contribution in [3.05, 3.63) is 35.4 Å². The Bertz CT molecular complexity index is 498. The van der Waals surface area contributed by atoms with Gasteiger partial charge in [-0.15, -0.1) is 0 Å². The summed E-state index contributed by atoms with van der Waals surface area (Å²) < 4.78 is 22.3. The summed E-state index contributed by atoms with van der Waals surface area (Å²) >= 11 is 3.20. The van der Waals surface area contributed by atoms with E-state index in [1.54, 1.807) is 19.1 Å². The zero-order valence-electron chi connectivity index (χ0n) is 10.1. The largest absolute Gasteiger partial charge is 0.386 e. The van der Waals surface area contributed by atoms with Crippen LogP contribution >= 0.6 is 15.9 Å². The molecule has 3 nitrogen and oxygen atoms in total. The summed E-state index contributed by atoms with van der Waals surface area (Å²) in [6.45, 7) is 3.58. The van der Waals surface area contributed by atoms with E-state index in [-0.39, 0.29) is 0 Å². The average molecular weight is 321 g/mol. The molecule has 0 saturated carbocycles. The molecular weight excluding hydrogens is 304 g/mol. The first kappa shape index (κ1) is 14.7.